The molecule has 2 heteroatoms. The van der Waals surface area contributed by atoms with Gasteiger partial charge in [-0.1, -0.05) is 38.1 Å². The molecule has 106 valence electrons. The number of likely N-dealkylation sites (N-methyl/N-ethyl adjacent to an activating group) is 1. The Hall–Kier alpha value is -1.54. The molecule has 3 rings (SSSR count). The number of fused-ring (bicyclic) bond motifs is 1. The molecule has 1 atom stereocenters. The highest BCUT2D eigenvalue weighted by atomic mass is 16.5. The molecule has 0 bridgehead atoms. The van der Waals surface area contributed by atoms with Crippen LogP contribution in [0.2, 0.25) is 0 Å². The summed E-state index contributed by atoms with van der Waals surface area (Å²) in [7, 11) is 3.76. The van der Waals surface area contributed by atoms with Crippen molar-refractivity contribution in [1.82, 2.24) is 5.32 Å². The Morgan fingerprint density at radius 2 is 1.75 bits per heavy atom. The second-order valence-corrected chi connectivity index (χ2v) is 6.60. The average Bonchev–Trinajstić information content (AvgIpc) is 3.00. The minimum Gasteiger partial charge on any atom is -0.497 e. The van der Waals surface area contributed by atoms with Crippen LogP contribution < -0.4 is 10.1 Å². The van der Waals surface area contributed by atoms with Crippen LogP contribution >= 0.6 is 0 Å². The maximum Gasteiger partial charge on any atom is 0.119 e. The van der Waals surface area contributed by atoms with Gasteiger partial charge < -0.3 is 10.1 Å². The van der Waals surface area contributed by atoms with E-state index >= 15 is 0 Å². The first-order valence-electron chi connectivity index (χ1n) is 7.25. The summed E-state index contributed by atoms with van der Waals surface area (Å²) in [6, 6.07) is 13.1. The Bertz CT molecular complexity index is 647. The maximum absolute atomic E-state index is 5.29. The lowest BCUT2D eigenvalue weighted by Crippen LogP contribution is -2.28. The van der Waals surface area contributed by atoms with Crippen molar-refractivity contribution >= 4 is 10.8 Å². The Morgan fingerprint density at radius 3 is 2.35 bits per heavy atom. The largest absolute Gasteiger partial charge is 0.497 e. The molecule has 1 saturated carbocycles. The lowest BCUT2D eigenvalue weighted by Gasteiger charge is -2.21. The van der Waals surface area contributed by atoms with Crippen molar-refractivity contribution in [1.29, 1.82) is 0 Å². The molecule has 0 saturated heterocycles. The fourth-order valence-electron chi connectivity index (χ4n) is 3.56. The summed E-state index contributed by atoms with van der Waals surface area (Å²) < 4.78 is 5.29. The fraction of sp³-hybridized carbons (Fsp3) is 0.444. The molecule has 0 amide bonds. The van der Waals surface area contributed by atoms with Crippen molar-refractivity contribution < 1.29 is 4.74 Å². The summed E-state index contributed by atoms with van der Waals surface area (Å²) in [6.07, 6.45) is 1.25. The van der Waals surface area contributed by atoms with E-state index in [9.17, 15) is 0 Å². The number of ether oxygens (including phenoxy) is 1. The molecule has 2 aromatic carbocycles. The Morgan fingerprint density at radius 1 is 1.10 bits per heavy atom. The molecule has 2 nitrogen and oxygen atoms in total. The zero-order valence-corrected chi connectivity index (χ0v) is 12.8. The Labute approximate surface area is 121 Å². The van der Waals surface area contributed by atoms with Gasteiger partial charge >= 0.3 is 0 Å². The highest BCUT2D eigenvalue weighted by Gasteiger charge is 2.61. The molecule has 1 unspecified atom stereocenters. The lowest BCUT2D eigenvalue weighted by atomic mass is 9.86. The predicted molar refractivity (Wildman–Crippen MR) is 84.5 cm³/mol. The van der Waals surface area contributed by atoms with E-state index in [-0.39, 0.29) is 5.41 Å². The van der Waals surface area contributed by atoms with Crippen LogP contribution in [0.4, 0.5) is 0 Å². The van der Waals surface area contributed by atoms with Gasteiger partial charge in [-0.2, -0.15) is 0 Å². The zero-order chi connectivity index (χ0) is 14.4. The predicted octanol–water partition coefficient (Wildman–Crippen LogP) is 3.74. The fourth-order valence-corrected chi connectivity index (χ4v) is 3.56. The zero-order valence-electron chi connectivity index (χ0n) is 12.8. The van der Waals surface area contributed by atoms with E-state index in [2.05, 4.69) is 49.5 Å². The lowest BCUT2D eigenvalue weighted by molar-refractivity contribution is 0.415. The summed E-state index contributed by atoms with van der Waals surface area (Å²) >= 11 is 0. The molecule has 20 heavy (non-hydrogen) atoms. The maximum atomic E-state index is 5.29. The smallest absolute Gasteiger partial charge is 0.119 e. The number of methoxy groups -OCH3 is 1. The summed E-state index contributed by atoms with van der Waals surface area (Å²) in [5.74, 6) is 0.918. The third-order valence-corrected chi connectivity index (χ3v) is 4.99. The molecule has 0 radical (unpaired) electrons. The van der Waals surface area contributed by atoms with Crippen molar-refractivity contribution in [3.63, 3.8) is 0 Å². The molecule has 1 aliphatic rings. The van der Waals surface area contributed by atoms with Gasteiger partial charge in [0, 0.05) is 12.0 Å². The van der Waals surface area contributed by atoms with Gasteiger partial charge in [0.1, 0.15) is 5.75 Å². The van der Waals surface area contributed by atoms with E-state index < -0.39 is 0 Å². The first-order valence-corrected chi connectivity index (χ1v) is 7.25. The minimum atomic E-state index is 0.288. The van der Waals surface area contributed by atoms with E-state index in [1.165, 1.54) is 22.8 Å². The standard InChI is InChI=1S/C18H23NO/c1-17(2)11-18(17,12-19-3)15-7-5-14-10-16(20-4)8-6-13(14)9-15/h5-10,19H,11-12H2,1-4H3. The van der Waals surface area contributed by atoms with Gasteiger partial charge in [-0.3, -0.25) is 0 Å². The second-order valence-electron chi connectivity index (χ2n) is 6.60. The molecule has 1 fully saturated rings. The van der Waals surface area contributed by atoms with Gasteiger partial charge in [0.05, 0.1) is 7.11 Å². The summed E-state index contributed by atoms with van der Waals surface area (Å²) in [5, 5.41) is 5.91. The van der Waals surface area contributed by atoms with Crippen LogP contribution in [-0.2, 0) is 5.41 Å². The van der Waals surface area contributed by atoms with Crippen molar-refractivity contribution in [3.8, 4) is 5.75 Å². The van der Waals surface area contributed by atoms with Crippen molar-refractivity contribution in [3.05, 3.63) is 42.0 Å². The van der Waals surface area contributed by atoms with Gasteiger partial charge in [-0.05, 0) is 47.4 Å². The van der Waals surface area contributed by atoms with Gasteiger partial charge in [0.15, 0.2) is 0 Å². The summed E-state index contributed by atoms with van der Waals surface area (Å²) in [4.78, 5) is 0. The number of nitrogens with one attached hydrogen (secondary N) is 1. The number of benzene rings is 2. The monoisotopic (exact) mass is 269 g/mol. The molecular weight excluding hydrogens is 246 g/mol. The van der Waals surface area contributed by atoms with Gasteiger partial charge in [0.2, 0.25) is 0 Å². The third kappa shape index (κ3) is 1.90. The molecule has 0 aliphatic heterocycles. The Kier molecular flexibility index (Phi) is 3.02. The van der Waals surface area contributed by atoms with E-state index in [0.717, 1.165) is 12.3 Å². The molecular formula is C18H23NO. The van der Waals surface area contributed by atoms with Gasteiger partial charge in [-0.15, -0.1) is 0 Å². The Balaban J connectivity index is 2.05. The molecule has 0 aromatic heterocycles. The number of hydrogen-bond donors (Lipinski definition) is 1. The molecule has 0 spiro atoms. The molecule has 1 aliphatic carbocycles. The second kappa shape index (κ2) is 4.49. The van der Waals surface area contributed by atoms with Gasteiger partial charge in [-0.25, -0.2) is 0 Å². The molecule has 0 heterocycles. The van der Waals surface area contributed by atoms with E-state index in [4.69, 9.17) is 4.74 Å². The number of hydrogen-bond acceptors (Lipinski definition) is 2. The first-order chi connectivity index (χ1) is 9.52. The molecule has 2 aromatic rings. The van der Waals surface area contributed by atoms with Crippen LogP contribution in [0.1, 0.15) is 25.8 Å². The SMILES string of the molecule is CNCC1(c2ccc3cc(OC)ccc3c2)CC1(C)C. The van der Waals surface area contributed by atoms with Crippen LogP contribution in [0.15, 0.2) is 36.4 Å². The summed E-state index contributed by atoms with van der Waals surface area (Å²) in [6.45, 7) is 5.77. The van der Waals surface area contributed by atoms with Crippen molar-refractivity contribution in [2.45, 2.75) is 25.7 Å². The quantitative estimate of drug-likeness (QED) is 0.913. The highest BCUT2D eigenvalue weighted by molar-refractivity contribution is 5.85. The van der Waals surface area contributed by atoms with Crippen LogP contribution in [0, 0.1) is 5.41 Å². The third-order valence-electron chi connectivity index (χ3n) is 4.99. The highest BCUT2D eigenvalue weighted by Crippen LogP contribution is 2.64. The van der Waals surface area contributed by atoms with E-state index in [1.807, 2.05) is 13.1 Å². The number of rotatable bonds is 4. The van der Waals surface area contributed by atoms with Crippen LogP contribution in [0.3, 0.4) is 0 Å². The first kappa shape index (κ1) is 13.4. The molecule has 1 N–H and O–H groups in total. The van der Waals surface area contributed by atoms with Crippen molar-refractivity contribution in [2.75, 3.05) is 20.7 Å². The van der Waals surface area contributed by atoms with Gasteiger partial charge in [0.25, 0.3) is 0 Å². The van der Waals surface area contributed by atoms with Crippen LogP contribution in [-0.4, -0.2) is 20.7 Å². The summed E-state index contributed by atoms with van der Waals surface area (Å²) in [5.41, 5.74) is 2.13. The van der Waals surface area contributed by atoms with Crippen molar-refractivity contribution in [2.24, 2.45) is 5.41 Å². The van der Waals surface area contributed by atoms with E-state index in [1.54, 1.807) is 7.11 Å². The average molecular weight is 269 g/mol. The van der Waals surface area contributed by atoms with Crippen LogP contribution in [0.5, 0.6) is 5.75 Å². The normalized spacial score (nSPS) is 23.8. The minimum absolute atomic E-state index is 0.288. The van der Waals surface area contributed by atoms with Crippen LogP contribution in [0.25, 0.3) is 10.8 Å². The van der Waals surface area contributed by atoms with E-state index in [0.29, 0.717) is 5.41 Å². The topological polar surface area (TPSA) is 21.3 Å².